The number of esters is 3. The number of hydrogen-bond acceptors (Lipinski definition) is 8. The predicted molar refractivity (Wildman–Crippen MR) is 85.2 cm³/mol. The molecule has 0 aromatic rings. The Morgan fingerprint density at radius 1 is 0.840 bits per heavy atom. The van der Waals surface area contributed by atoms with E-state index in [9.17, 15) is 14.4 Å². The van der Waals surface area contributed by atoms with Gasteiger partial charge in [0, 0.05) is 27.9 Å². The van der Waals surface area contributed by atoms with E-state index in [-0.39, 0.29) is 0 Å². The van der Waals surface area contributed by atoms with E-state index in [1.807, 2.05) is 21.1 Å². The third kappa shape index (κ3) is 6.60. The van der Waals surface area contributed by atoms with Crippen LogP contribution in [0, 0.1) is 0 Å². The maximum atomic E-state index is 11.6. The van der Waals surface area contributed by atoms with Crippen LogP contribution in [0.15, 0.2) is 0 Å². The Balaban J connectivity index is 3.26. The van der Waals surface area contributed by atoms with Crippen molar-refractivity contribution < 1.29 is 42.6 Å². The summed E-state index contributed by atoms with van der Waals surface area (Å²) in [6.45, 7) is 4.14. The average Bonchev–Trinajstić information content (AvgIpc) is 2.42. The third-order valence-electron chi connectivity index (χ3n) is 3.46. The molecule has 0 unspecified atom stereocenters. The van der Waals surface area contributed by atoms with E-state index in [1.54, 1.807) is 0 Å². The summed E-state index contributed by atoms with van der Waals surface area (Å²) >= 11 is 0. The molecule has 9 heteroatoms. The van der Waals surface area contributed by atoms with Crippen molar-refractivity contribution in [1.82, 2.24) is 0 Å². The zero-order valence-electron chi connectivity index (χ0n) is 15.8. The van der Waals surface area contributed by atoms with E-state index < -0.39 is 48.6 Å². The van der Waals surface area contributed by atoms with Crippen LogP contribution in [0.1, 0.15) is 20.8 Å². The number of ether oxygens (including phenoxy) is 5. The quantitative estimate of drug-likeness (QED) is 0.366. The molecular weight excluding hydrogens is 334 g/mol. The number of carbonyl (C=O) groups is 3. The Morgan fingerprint density at radius 2 is 1.28 bits per heavy atom. The Hall–Kier alpha value is -1.71. The Bertz CT molecular complexity index is 501. The largest absolute Gasteiger partial charge is 0.455 e. The fourth-order valence-corrected chi connectivity index (χ4v) is 2.73. The molecule has 144 valence electrons. The summed E-state index contributed by atoms with van der Waals surface area (Å²) in [5.74, 6) is -1.76. The van der Waals surface area contributed by atoms with E-state index in [4.69, 9.17) is 23.7 Å². The molecule has 0 saturated carbocycles. The van der Waals surface area contributed by atoms with Crippen molar-refractivity contribution >= 4 is 17.9 Å². The Kier molecular flexibility index (Phi) is 7.33. The van der Waals surface area contributed by atoms with Gasteiger partial charge in [-0.05, 0) is 0 Å². The van der Waals surface area contributed by atoms with Gasteiger partial charge in [-0.25, -0.2) is 0 Å². The van der Waals surface area contributed by atoms with Gasteiger partial charge in [-0.1, -0.05) is 0 Å². The lowest BCUT2D eigenvalue weighted by Crippen LogP contribution is -2.64. The van der Waals surface area contributed by atoms with Gasteiger partial charge in [0.05, 0.1) is 21.1 Å². The molecule has 0 spiro atoms. The monoisotopic (exact) mass is 362 g/mol. The summed E-state index contributed by atoms with van der Waals surface area (Å²) < 4.78 is 27.6. The second-order valence-electron chi connectivity index (χ2n) is 6.97. The lowest BCUT2D eigenvalue weighted by molar-refractivity contribution is -0.874. The first kappa shape index (κ1) is 21.3. The SMILES string of the molecule is CO[C@H]1O[C@H](C[N+](C)(C)C)[C@@H](OC(C)=O)[C@H](OC(C)=O)[C@H]1OC(C)=O. The lowest BCUT2D eigenvalue weighted by Gasteiger charge is -2.45. The van der Waals surface area contributed by atoms with E-state index in [0.717, 1.165) is 0 Å². The van der Waals surface area contributed by atoms with Gasteiger partial charge in [0.15, 0.2) is 30.7 Å². The van der Waals surface area contributed by atoms with Crippen LogP contribution < -0.4 is 0 Å². The number of quaternary nitrogens is 1. The van der Waals surface area contributed by atoms with E-state index in [2.05, 4.69) is 0 Å². The van der Waals surface area contributed by atoms with Crippen LogP contribution in [0.3, 0.4) is 0 Å². The highest BCUT2D eigenvalue weighted by Gasteiger charge is 2.53. The summed E-state index contributed by atoms with van der Waals surface area (Å²) in [6.07, 6.45) is -4.61. The van der Waals surface area contributed by atoms with E-state index >= 15 is 0 Å². The van der Waals surface area contributed by atoms with Gasteiger partial charge in [0.2, 0.25) is 0 Å². The molecule has 1 aliphatic heterocycles. The smallest absolute Gasteiger partial charge is 0.303 e. The third-order valence-corrected chi connectivity index (χ3v) is 3.46. The highest BCUT2D eigenvalue weighted by atomic mass is 16.7. The van der Waals surface area contributed by atoms with Crippen molar-refractivity contribution in [2.75, 3.05) is 34.8 Å². The standard InChI is InChI=1S/C16H28NO8/c1-9(18)22-13-12(8-17(4,5)6)25-16(21-7)15(24-11(3)20)14(13)23-10(2)19/h12-16H,8H2,1-7H3/q+1/t12-,13-,14+,15-,16+/m1/s1. The number of carbonyl (C=O) groups excluding carboxylic acids is 3. The van der Waals surface area contributed by atoms with Gasteiger partial charge in [0.25, 0.3) is 0 Å². The maximum Gasteiger partial charge on any atom is 0.303 e. The summed E-state index contributed by atoms with van der Waals surface area (Å²) in [6, 6.07) is 0. The van der Waals surface area contributed by atoms with E-state index in [1.165, 1.54) is 27.9 Å². The summed E-state index contributed by atoms with van der Waals surface area (Å²) in [5, 5.41) is 0. The van der Waals surface area contributed by atoms with Crippen molar-refractivity contribution in [3.8, 4) is 0 Å². The van der Waals surface area contributed by atoms with Gasteiger partial charge >= 0.3 is 17.9 Å². The average molecular weight is 362 g/mol. The molecule has 0 aromatic carbocycles. The molecule has 0 amide bonds. The number of rotatable bonds is 6. The van der Waals surface area contributed by atoms with Crippen molar-refractivity contribution in [3.05, 3.63) is 0 Å². The second kappa shape index (κ2) is 8.59. The Morgan fingerprint density at radius 3 is 1.68 bits per heavy atom. The zero-order chi connectivity index (χ0) is 19.4. The highest BCUT2D eigenvalue weighted by molar-refractivity contribution is 5.68. The topological polar surface area (TPSA) is 97.4 Å². The number of methoxy groups -OCH3 is 1. The highest BCUT2D eigenvalue weighted by Crippen LogP contribution is 2.30. The summed E-state index contributed by atoms with van der Waals surface area (Å²) in [5.41, 5.74) is 0. The first-order valence-electron chi connectivity index (χ1n) is 7.95. The van der Waals surface area contributed by atoms with Gasteiger partial charge < -0.3 is 28.2 Å². The van der Waals surface area contributed by atoms with Crippen LogP contribution in [0.2, 0.25) is 0 Å². The van der Waals surface area contributed by atoms with Crippen LogP contribution in [0.25, 0.3) is 0 Å². The summed E-state index contributed by atoms with van der Waals surface area (Å²) in [4.78, 5) is 34.6. The van der Waals surface area contributed by atoms with Crippen molar-refractivity contribution in [1.29, 1.82) is 0 Å². The predicted octanol–water partition coefficient (Wildman–Crippen LogP) is -0.141. The Labute approximate surface area is 147 Å². The number of likely N-dealkylation sites (N-methyl/N-ethyl adjacent to an activating group) is 1. The molecule has 1 saturated heterocycles. The molecule has 5 atom stereocenters. The lowest BCUT2D eigenvalue weighted by atomic mass is 9.97. The van der Waals surface area contributed by atoms with Gasteiger partial charge in [-0.2, -0.15) is 0 Å². The minimum Gasteiger partial charge on any atom is -0.455 e. The van der Waals surface area contributed by atoms with Crippen LogP contribution in [-0.4, -0.2) is 87.9 Å². The minimum absolute atomic E-state index is 0.447. The molecule has 1 aliphatic rings. The zero-order valence-corrected chi connectivity index (χ0v) is 15.8. The number of nitrogens with zero attached hydrogens (tertiary/aromatic N) is 1. The fraction of sp³-hybridized carbons (Fsp3) is 0.812. The molecule has 0 aromatic heterocycles. The number of hydrogen-bond donors (Lipinski definition) is 0. The molecule has 0 bridgehead atoms. The molecule has 1 heterocycles. The van der Waals surface area contributed by atoms with Crippen LogP contribution in [-0.2, 0) is 38.1 Å². The van der Waals surface area contributed by atoms with Crippen LogP contribution >= 0.6 is 0 Å². The fourth-order valence-electron chi connectivity index (χ4n) is 2.73. The van der Waals surface area contributed by atoms with Gasteiger partial charge in [-0.15, -0.1) is 0 Å². The van der Waals surface area contributed by atoms with E-state index in [0.29, 0.717) is 11.0 Å². The first-order chi connectivity index (χ1) is 11.4. The molecular formula is C16H28NO8+. The molecule has 25 heavy (non-hydrogen) atoms. The molecule has 9 nitrogen and oxygen atoms in total. The first-order valence-corrected chi connectivity index (χ1v) is 7.95. The van der Waals surface area contributed by atoms with Crippen molar-refractivity contribution in [2.45, 2.75) is 51.5 Å². The van der Waals surface area contributed by atoms with Gasteiger partial charge in [-0.3, -0.25) is 14.4 Å². The molecule has 1 rings (SSSR count). The van der Waals surface area contributed by atoms with Crippen molar-refractivity contribution in [3.63, 3.8) is 0 Å². The van der Waals surface area contributed by atoms with Crippen LogP contribution in [0.4, 0.5) is 0 Å². The maximum absolute atomic E-state index is 11.6. The second-order valence-corrected chi connectivity index (χ2v) is 6.97. The summed E-state index contributed by atoms with van der Waals surface area (Å²) in [7, 11) is 7.21. The normalized spacial score (nSPS) is 29.6. The van der Waals surface area contributed by atoms with Gasteiger partial charge in [0.1, 0.15) is 6.54 Å². The minimum atomic E-state index is -1.06. The molecule has 0 radical (unpaired) electrons. The van der Waals surface area contributed by atoms with Crippen LogP contribution in [0.5, 0.6) is 0 Å². The molecule has 0 N–H and O–H groups in total. The van der Waals surface area contributed by atoms with Crippen molar-refractivity contribution in [2.24, 2.45) is 0 Å². The molecule has 0 aliphatic carbocycles. The molecule has 1 fully saturated rings.